The maximum absolute atomic E-state index is 15.0. The van der Waals surface area contributed by atoms with Crippen LogP contribution in [0.4, 0.5) is 65.9 Å². The Bertz CT molecular complexity index is 2450. The first-order valence-corrected chi connectivity index (χ1v) is 16.6. The van der Waals surface area contributed by atoms with E-state index < -0.39 is 179 Å². The van der Waals surface area contributed by atoms with Gasteiger partial charge in [-0.3, -0.25) is 0 Å². The van der Waals surface area contributed by atoms with E-state index in [4.69, 9.17) is 14.0 Å². The number of hydrogen-bond acceptors (Lipinski definition) is 6. The monoisotopic (exact) mass is 878 g/mol. The van der Waals surface area contributed by atoms with Crippen LogP contribution in [0.2, 0.25) is 0 Å². The van der Waals surface area contributed by atoms with Crippen molar-refractivity contribution < 1.29 is 95.1 Å². The maximum Gasteiger partial charge on any atom is 0.864 e. The minimum Gasteiger partial charge on any atom is -0.507 e. The molecular weight excluding hydrogens is 860 g/mol. The summed E-state index contributed by atoms with van der Waals surface area (Å²) in [7, 11) is -2.53. The van der Waals surface area contributed by atoms with Crippen molar-refractivity contribution in [2.24, 2.45) is 0 Å². The summed E-state index contributed by atoms with van der Waals surface area (Å²) in [5.74, 6) is -42.3. The van der Waals surface area contributed by atoms with Gasteiger partial charge in [0.15, 0.2) is 69.8 Å². The van der Waals surface area contributed by atoms with Crippen LogP contribution in [0.25, 0.3) is 33.4 Å². The van der Waals surface area contributed by atoms with Gasteiger partial charge >= 0.3 is 7.32 Å². The van der Waals surface area contributed by atoms with Gasteiger partial charge in [0.1, 0.15) is 34.5 Å². The molecular formula is C39H18BF15O6. The van der Waals surface area contributed by atoms with Crippen molar-refractivity contribution in [1.82, 2.24) is 0 Å². The van der Waals surface area contributed by atoms with E-state index in [2.05, 4.69) is 0 Å². The first kappa shape index (κ1) is 43.7. The quantitative estimate of drug-likeness (QED) is 0.0580. The van der Waals surface area contributed by atoms with E-state index in [1.807, 2.05) is 0 Å². The second-order valence-corrected chi connectivity index (χ2v) is 12.7. The topological polar surface area (TPSA) is 88.4 Å². The normalized spacial score (nSPS) is 11.3. The van der Waals surface area contributed by atoms with Crippen LogP contribution in [0.3, 0.4) is 0 Å². The first-order chi connectivity index (χ1) is 28.5. The van der Waals surface area contributed by atoms with Gasteiger partial charge in [-0.2, -0.15) is 0 Å². The number of phenolic OH excluding ortho intramolecular Hbond substituents is 3. The Balaban J connectivity index is 1.55. The van der Waals surface area contributed by atoms with Gasteiger partial charge in [-0.1, -0.05) is 0 Å². The second kappa shape index (κ2) is 16.0. The molecule has 0 aliphatic heterocycles. The smallest absolute Gasteiger partial charge is 0.507 e. The lowest BCUT2D eigenvalue weighted by molar-refractivity contribution is 0.304. The number of aromatic hydroxyl groups is 3. The van der Waals surface area contributed by atoms with E-state index in [1.54, 1.807) is 0 Å². The van der Waals surface area contributed by atoms with Crippen LogP contribution in [0, 0.1) is 108 Å². The van der Waals surface area contributed by atoms with Crippen LogP contribution in [0.1, 0.15) is 16.7 Å². The van der Waals surface area contributed by atoms with Gasteiger partial charge in [0.05, 0.1) is 16.7 Å². The van der Waals surface area contributed by atoms with Crippen molar-refractivity contribution in [3.8, 4) is 67.9 Å². The summed E-state index contributed by atoms with van der Waals surface area (Å²) in [6.07, 6.45) is 0. The molecule has 318 valence electrons. The highest BCUT2D eigenvalue weighted by atomic mass is 19.2. The van der Waals surface area contributed by atoms with Crippen molar-refractivity contribution in [3.63, 3.8) is 0 Å². The predicted octanol–water partition coefficient (Wildman–Crippen LogP) is 11.3. The van der Waals surface area contributed by atoms with Gasteiger partial charge in [0, 0.05) is 33.4 Å². The van der Waals surface area contributed by atoms with Crippen LogP contribution >= 0.6 is 0 Å². The molecule has 0 heterocycles. The van der Waals surface area contributed by atoms with E-state index in [1.165, 1.54) is 0 Å². The number of benzene rings is 6. The van der Waals surface area contributed by atoms with Crippen LogP contribution in [0.5, 0.6) is 34.5 Å². The molecule has 6 aromatic rings. The summed E-state index contributed by atoms with van der Waals surface area (Å²) in [6.45, 7) is 2.71. The van der Waals surface area contributed by atoms with Gasteiger partial charge in [-0.25, -0.2) is 65.9 Å². The molecule has 0 fully saturated rings. The zero-order valence-electron chi connectivity index (χ0n) is 30.3. The van der Waals surface area contributed by atoms with Crippen LogP contribution < -0.4 is 14.0 Å². The average molecular weight is 878 g/mol. The second-order valence-electron chi connectivity index (χ2n) is 12.7. The van der Waals surface area contributed by atoms with E-state index in [9.17, 15) is 81.2 Å². The van der Waals surface area contributed by atoms with E-state index in [-0.39, 0.29) is 0 Å². The van der Waals surface area contributed by atoms with Gasteiger partial charge in [-0.15, -0.1) is 0 Å². The van der Waals surface area contributed by atoms with Crippen molar-refractivity contribution in [2.75, 3.05) is 0 Å². The average Bonchev–Trinajstić information content (AvgIpc) is 3.22. The fourth-order valence-corrected chi connectivity index (χ4v) is 6.22. The number of phenols is 3. The van der Waals surface area contributed by atoms with Crippen molar-refractivity contribution >= 4 is 7.32 Å². The Morgan fingerprint density at radius 2 is 0.475 bits per heavy atom. The van der Waals surface area contributed by atoms with E-state index >= 15 is 0 Å². The minimum absolute atomic E-state index is 0.618. The Morgan fingerprint density at radius 1 is 0.295 bits per heavy atom. The third-order valence-corrected chi connectivity index (χ3v) is 9.23. The molecule has 6 rings (SSSR count). The van der Waals surface area contributed by atoms with Crippen LogP contribution in [-0.2, 0) is 0 Å². The zero-order chi connectivity index (χ0) is 45.3. The minimum atomic E-state index is -2.56. The Kier molecular flexibility index (Phi) is 11.4. The van der Waals surface area contributed by atoms with E-state index in [0.29, 0.717) is 18.2 Å². The maximum atomic E-state index is 15.0. The molecule has 0 atom stereocenters. The molecule has 0 bridgehead atoms. The molecule has 0 spiro atoms. The highest BCUT2D eigenvalue weighted by Gasteiger charge is 2.38. The molecule has 6 aromatic carbocycles. The molecule has 6 nitrogen and oxygen atoms in total. The molecule has 0 unspecified atom stereocenters. The fourth-order valence-electron chi connectivity index (χ4n) is 6.22. The van der Waals surface area contributed by atoms with Gasteiger partial charge in [0.2, 0.25) is 17.5 Å². The van der Waals surface area contributed by atoms with Crippen molar-refractivity contribution in [2.45, 2.75) is 20.8 Å². The lowest BCUT2D eigenvalue weighted by Crippen LogP contribution is -2.37. The molecule has 0 radical (unpaired) electrons. The zero-order valence-corrected chi connectivity index (χ0v) is 30.3. The van der Waals surface area contributed by atoms with Gasteiger partial charge < -0.3 is 29.3 Å². The van der Waals surface area contributed by atoms with E-state index in [0.717, 1.165) is 39.0 Å². The molecule has 0 aromatic heterocycles. The summed E-state index contributed by atoms with van der Waals surface area (Å²) < 4.78 is 234. The summed E-state index contributed by atoms with van der Waals surface area (Å²) in [6, 6.07) is 4.25. The van der Waals surface area contributed by atoms with Crippen LogP contribution in [-0.4, -0.2) is 22.6 Å². The highest BCUT2D eigenvalue weighted by Crippen LogP contribution is 2.46. The third-order valence-electron chi connectivity index (χ3n) is 9.23. The molecule has 22 heteroatoms. The molecule has 0 aliphatic rings. The van der Waals surface area contributed by atoms with Crippen molar-refractivity contribution in [3.05, 3.63) is 140 Å². The summed E-state index contributed by atoms with van der Waals surface area (Å²) in [5.41, 5.74) is -10.2. The highest BCUT2D eigenvalue weighted by molar-refractivity contribution is 6.39. The molecule has 0 aliphatic carbocycles. The Labute approximate surface area is 331 Å². The predicted molar refractivity (Wildman–Crippen MR) is 182 cm³/mol. The standard InChI is InChI=1S/C39H18BF15O6/c1-10-16(7-4-13(56)19(10)22-25(41)31(47)37(53)32(48)26(22)42)59-40(60-17-8-5-14(57)20(11(17)2)23-27(43)33(49)38(54)34(50)28(23)44)61-18-9-6-15(58)21(12(18)3)24-29(45)35(51)39(55)36(52)30(24)46/h4-9,56-58H,1-3H3. The molecule has 0 amide bonds. The molecule has 0 saturated carbocycles. The molecule has 3 N–H and O–H groups in total. The first-order valence-electron chi connectivity index (χ1n) is 16.6. The summed E-state index contributed by atoms with van der Waals surface area (Å²) in [5, 5.41) is 31.7. The number of hydrogen-bond donors (Lipinski definition) is 3. The number of halogens is 15. The fraction of sp³-hybridized carbons (Fsp3) is 0.0769. The SMILES string of the molecule is Cc1c(OB(Oc2ccc(O)c(-c3c(F)c(F)c(F)c(F)c3F)c2C)Oc2ccc(O)c(-c3c(F)c(F)c(F)c(F)c3F)c2C)ccc(O)c1-c1c(F)c(F)c(F)c(F)c1F. The Morgan fingerprint density at radius 3 is 0.672 bits per heavy atom. The third kappa shape index (κ3) is 7.07. The van der Waals surface area contributed by atoms with Gasteiger partial charge in [0.25, 0.3) is 0 Å². The summed E-state index contributed by atoms with van der Waals surface area (Å²) >= 11 is 0. The van der Waals surface area contributed by atoms with Gasteiger partial charge in [-0.05, 0) is 57.2 Å². The largest absolute Gasteiger partial charge is 0.864 e. The molecule has 0 saturated heterocycles. The number of rotatable bonds is 9. The lowest BCUT2D eigenvalue weighted by atomic mass is 9.95. The molecule has 61 heavy (non-hydrogen) atoms. The Hall–Kier alpha value is -6.87. The summed E-state index contributed by atoms with van der Waals surface area (Å²) in [4.78, 5) is 0. The lowest BCUT2D eigenvalue weighted by Gasteiger charge is -2.23. The van der Waals surface area contributed by atoms with Crippen LogP contribution in [0.15, 0.2) is 36.4 Å². The van der Waals surface area contributed by atoms with Crippen molar-refractivity contribution in [1.29, 1.82) is 0 Å².